The first-order valence-electron chi connectivity index (χ1n) is 7.29. The van der Waals surface area contributed by atoms with Crippen LogP contribution in [0.5, 0.6) is 0 Å². The van der Waals surface area contributed by atoms with E-state index in [0.29, 0.717) is 0 Å². The lowest BCUT2D eigenvalue weighted by molar-refractivity contribution is -0.148. The van der Waals surface area contributed by atoms with Crippen LogP contribution in [0.25, 0.3) is 0 Å². The molecule has 3 atom stereocenters. The Balaban J connectivity index is 4.96. The fourth-order valence-electron chi connectivity index (χ4n) is 1.08. The van der Waals surface area contributed by atoms with Crippen molar-refractivity contribution in [2.24, 2.45) is 0 Å². The molecule has 3 N–H and O–H groups in total. The Morgan fingerprint density at radius 2 is 0.929 bits per heavy atom. The van der Waals surface area contributed by atoms with Crippen LogP contribution in [0.2, 0.25) is 0 Å². The van der Waals surface area contributed by atoms with E-state index in [1.807, 2.05) is 0 Å². The lowest BCUT2D eigenvalue weighted by Gasteiger charge is -2.18. The molecule has 16 heteroatoms. The van der Waals surface area contributed by atoms with Crippen LogP contribution in [0, 0.1) is 0 Å². The van der Waals surface area contributed by atoms with E-state index < -0.39 is 42.8 Å². The molecule has 9 nitrogen and oxygen atoms in total. The molecule has 164 valence electrons. The van der Waals surface area contributed by atoms with E-state index >= 15 is 0 Å². The van der Waals surface area contributed by atoms with Gasteiger partial charge in [-0.05, 0) is 0 Å². The van der Waals surface area contributed by atoms with Gasteiger partial charge in [-0.15, -0.1) is 70.1 Å². The first-order chi connectivity index (χ1) is 13.3. The normalized spacial score (nSPS) is 15.2. The summed E-state index contributed by atoms with van der Waals surface area (Å²) in [5.74, 6) is -2.65. The number of carbonyl (C=O) groups excluding carboxylic acids is 3. The topological polar surface area (TPSA) is 140 Å². The van der Waals surface area contributed by atoms with Crippen molar-refractivity contribution in [1.29, 1.82) is 0 Å². The maximum absolute atomic E-state index is 11.8. The molecule has 0 aromatic carbocycles. The van der Waals surface area contributed by atoms with E-state index in [2.05, 4.69) is 0 Å². The Labute approximate surface area is 190 Å². The standard InChI is InChI=1S/C12H18Cl3O9PS3/c13-1-4-26-10(19)7(16)22-25(23-8(17)11(20)27-5-2-14)24-9(18)12(21)28-6-3-15/h10-12,19-21H,1-6H2. The van der Waals surface area contributed by atoms with Gasteiger partial charge in [0.25, 0.3) is 0 Å². The van der Waals surface area contributed by atoms with Crippen LogP contribution in [0.4, 0.5) is 0 Å². The van der Waals surface area contributed by atoms with Crippen LogP contribution in [0.15, 0.2) is 0 Å². The summed E-state index contributed by atoms with van der Waals surface area (Å²) in [6.45, 7) is 0. The number of aliphatic hydroxyl groups excluding tert-OH is 3. The molecule has 0 fully saturated rings. The molecule has 0 aromatic rings. The number of hydrogen-bond donors (Lipinski definition) is 3. The number of carbonyl (C=O) groups is 3. The lowest BCUT2D eigenvalue weighted by Crippen LogP contribution is -2.25. The fourth-order valence-corrected chi connectivity index (χ4v) is 4.44. The van der Waals surface area contributed by atoms with Crippen LogP contribution in [-0.2, 0) is 28.0 Å². The first kappa shape index (κ1) is 28.6. The van der Waals surface area contributed by atoms with Crippen molar-refractivity contribution < 1.29 is 43.3 Å². The maximum Gasteiger partial charge on any atom is 0.537 e. The highest BCUT2D eigenvalue weighted by Crippen LogP contribution is 2.42. The van der Waals surface area contributed by atoms with Gasteiger partial charge in [-0.1, -0.05) is 0 Å². The van der Waals surface area contributed by atoms with Gasteiger partial charge in [-0.3, -0.25) is 0 Å². The number of thioether (sulfide) groups is 3. The summed E-state index contributed by atoms with van der Waals surface area (Å²) in [5, 5.41) is 28.9. The lowest BCUT2D eigenvalue weighted by atomic mass is 10.7. The third-order valence-corrected chi connectivity index (χ3v) is 7.23. The summed E-state index contributed by atoms with van der Waals surface area (Å²) < 4.78 is 14.1. The molecule has 0 rings (SSSR count). The molecule has 28 heavy (non-hydrogen) atoms. The largest absolute Gasteiger partial charge is 0.537 e. The van der Waals surface area contributed by atoms with E-state index in [9.17, 15) is 29.7 Å². The molecule has 0 radical (unpaired) electrons. The van der Waals surface area contributed by atoms with Gasteiger partial charge in [0.05, 0.1) is 0 Å². The second-order valence-corrected chi connectivity index (χ2v) is 9.88. The molecular formula is C12H18Cl3O9PS3. The highest BCUT2D eigenvalue weighted by Gasteiger charge is 2.34. The molecule has 0 aromatic heterocycles. The van der Waals surface area contributed by atoms with Gasteiger partial charge >= 0.3 is 26.5 Å². The van der Waals surface area contributed by atoms with Crippen LogP contribution in [-0.4, -0.2) is 84.4 Å². The van der Waals surface area contributed by atoms with Gasteiger partial charge in [0.15, 0.2) is 16.3 Å². The van der Waals surface area contributed by atoms with Crippen molar-refractivity contribution in [2.45, 2.75) is 16.3 Å². The highest BCUT2D eigenvalue weighted by molar-refractivity contribution is 8.01. The van der Waals surface area contributed by atoms with Gasteiger partial charge in [0, 0.05) is 34.9 Å². The van der Waals surface area contributed by atoms with Gasteiger partial charge in [0.1, 0.15) is 0 Å². The molecule has 0 amide bonds. The summed E-state index contributed by atoms with van der Waals surface area (Å²) in [7, 11) is -2.99. The van der Waals surface area contributed by atoms with Gasteiger partial charge in [0.2, 0.25) is 0 Å². The van der Waals surface area contributed by atoms with Crippen LogP contribution in [0.3, 0.4) is 0 Å². The van der Waals surface area contributed by atoms with Crippen molar-refractivity contribution in [3.63, 3.8) is 0 Å². The predicted molar refractivity (Wildman–Crippen MR) is 113 cm³/mol. The minimum Gasteiger partial charge on any atom is -0.372 e. The van der Waals surface area contributed by atoms with Crippen molar-refractivity contribution in [3.8, 4) is 0 Å². The highest BCUT2D eigenvalue weighted by atomic mass is 35.5. The molecule has 0 spiro atoms. The zero-order chi connectivity index (χ0) is 21.5. The zero-order valence-corrected chi connectivity index (χ0v) is 19.7. The van der Waals surface area contributed by atoms with E-state index in [1.165, 1.54) is 0 Å². The molecule has 0 saturated heterocycles. The summed E-state index contributed by atoms with van der Waals surface area (Å²) in [4.78, 5) is 35.5. The molecule has 0 saturated carbocycles. The molecule has 0 heterocycles. The third-order valence-electron chi connectivity index (χ3n) is 2.16. The van der Waals surface area contributed by atoms with Crippen LogP contribution >= 0.6 is 78.7 Å². The Morgan fingerprint density at radius 3 is 1.14 bits per heavy atom. The van der Waals surface area contributed by atoms with Crippen LogP contribution in [0.1, 0.15) is 0 Å². The van der Waals surface area contributed by atoms with Crippen LogP contribution < -0.4 is 0 Å². The minimum atomic E-state index is -2.99. The van der Waals surface area contributed by atoms with Crippen molar-refractivity contribution in [2.75, 3.05) is 34.9 Å². The molecule has 0 aliphatic heterocycles. The average Bonchev–Trinajstić information content (AvgIpc) is 2.67. The summed E-state index contributed by atoms with van der Waals surface area (Å²) in [6, 6.07) is 0. The molecule has 0 aliphatic carbocycles. The minimum absolute atomic E-state index is 0.154. The summed E-state index contributed by atoms with van der Waals surface area (Å²) in [6.07, 6.45) is 0. The van der Waals surface area contributed by atoms with E-state index in [0.717, 1.165) is 35.3 Å². The first-order valence-corrected chi connectivity index (χ1v) is 13.1. The number of rotatable bonds is 15. The van der Waals surface area contributed by atoms with Gasteiger partial charge < -0.3 is 28.9 Å². The molecule has 3 unspecified atom stereocenters. The quantitative estimate of drug-likeness (QED) is 0.159. The second-order valence-electron chi connectivity index (χ2n) is 4.19. The molecule has 0 bridgehead atoms. The maximum atomic E-state index is 11.8. The van der Waals surface area contributed by atoms with Crippen molar-refractivity contribution in [1.82, 2.24) is 0 Å². The van der Waals surface area contributed by atoms with Crippen molar-refractivity contribution >= 4 is 96.6 Å². The Hall–Kier alpha value is 0.640. The van der Waals surface area contributed by atoms with E-state index in [1.54, 1.807) is 0 Å². The smallest absolute Gasteiger partial charge is 0.372 e. The van der Waals surface area contributed by atoms with Gasteiger partial charge in [-0.2, -0.15) is 0 Å². The number of halogens is 3. The zero-order valence-electron chi connectivity index (χ0n) is 14.1. The summed E-state index contributed by atoms with van der Waals surface area (Å²) >= 11 is 18.6. The van der Waals surface area contributed by atoms with E-state index in [-0.39, 0.29) is 34.9 Å². The predicted octanol–water partition coefficient (Wildman–Crippen LogP) is 1.71. The summed E-state index contributed by atoms with van der Waals surface area (Å²) in [5.41, 5.74) is -5.02. The molecule has 0 aliphatic rings. The average molecular weight is 540 g/mol. The SMILES string of the molecule is O=C(OP(OC(=O)C(O)SCCCl)OC(=O)C(O)SCCCl)C(O)SCCCl. The Morgan fingerprint density at radius 1 is 0.679 bits per heavy atom. The Bertz CT molecular complexity index is 428. The molecular weight excluding hydrogens is 522 g/mol. The second kappa shape index (κ2) is 17.3. The number of alkyl halides is 3. The number of hydrogen-bond acceptors (Lipinski definition) is 12. The Kier molecular flexibility index (Phi) is 17.7. The van der Waals surface area contributed by atoms with E-state index in [4.69, 9.17) is 48.4 Å². The fraction of sp³-hybridized carbons (Fsp3) is 0.750. The monoisotopic (exact) mass is 538 g/mol. The van der Waals surface area contributed by atoms with Crippen molar-refractivity contribution in [3.05, 3.63) is 0 Å². The number of aliphatic hydroxyl groups is 3. The van der Waals surface area contributed by atoms with Gasteiger partial charge in [-0.25, -0.2) is 14.4 Å². The third kappa shape index (κ3) is 13.0.